The molecule has 2 aromatic carbocycles. The summed E-state index contributed by atoms with van der Waals surface area (Å²) in [7, 11) is 0. The van der Waals surface area contributed by atoms with Crippen LogP contribution in [0, 0.1) is 10.1 Å². The standard InChI is InChI=1S/C20H15N3O5S2/c1-2-11-28-14-9-7-13(8-10-14)12-17-19(25)22(20(29)30-17)21-18(24)15-5-3-4-6-16(15)23(26)27/h2-10,12H,1,11H2,(H,21,24). The van der Waals surface area contributed by atoms with E-state index in [9.17, 15) is 19.7 Å². The number of carbonyl (C=O) groups is 2. The predicted molar refractivity (Wildman–Crippen MR) is 118 cm³/mol. The van der Waals surface area contributed by atoms with Crippen LogP contribution in [0.1, 0.15) is 15.9 Å². The summed E-state index contributed by atoms with van der Waals surface area (Å²) in [6.45, 7) is 3.97. The first-order valence-corrected chi connectivity index (χ1v) is 9.79. The fraction of sp³-hybridized carbons (Fsp3) is 0.0500. The second-order valence-electron chi connectivity index (χ2n) is 5.90. The molecule has 1 heterocycles. The van der Waals surface area contributed by atoms with E-state index >= 15 is 0 Å². The third-order valence-corrected chi connectivity index (χ3v) is 5.20. The number of nitrogens with one attached hydrogen (secondary N) is 1. The molecule has 1 aliphatic heterocycles. The molecule has 152 valence electrons. The maximum absolute atomic E-state index is 12.7. The van der Waals surface area contributed by atoms with Gasteiger partial charge in [-0.25, -0.2) is 0 Å². The van der Waals surface area contributed by atoms with Gasteiger partial charge in [-0.1, -0.05) is 48.7 Å². The Balaban J connectivity index is 1.75. The van der Waals surface area contributed by atoms with Gasteiger partial charge in [0, 0.05) is 6.07 Å². The SMILES string of the molecule is C=CCOc1ccc(C=C2SC(=S)N(NC(=O)c3ccccc3[N+](=O)[O-])C2=O)cc1. The maximum atomic E-state index is 12.7. The molecule has 2 aromatic rings. The van der Waals surface area contributed by atoms with Crippen molar-refractivity contribution in [3.63, 3.8) is 0 Å². The van der Waals surface area contributed by atoms with E-state index in [4.69, 9.17) is 17.0 Å². The second-order valence-corrected chi connectivity index (χ2v) is 7.58. The molecule has 8 nitrogen and oxygen atoms in total. The van der Waals surface area contributed by atoms with Crippen LogP contribution in [0.4, 0.5) is 5.69 Å². The van der Waals surface area contributed by atoms with Crippen molar-refractivity contribution in [1.29, 1.82) is 0 Å². The highest BCUT2D eigenvalue weighted by Crippen LogP contribution is 2.32. The zero-order valence-electron chi connectivity index (χ0n) is 15.4. The molecule has 0 radical (unpaired) electrons. The average Bonchev–Trinajstić information content (AvgIpc) is 3.00. The zero-order chi connectivity index (χ0) is 21.7. The second kappa shape index (κ2) is 9.33. The Kier molecular flexibility index (Phi) is 6.60. The van der Waals surface area contributed by atoms with E-state index in [0.29, 0.717) is 17.3 Å². The van der Waals surface area contributed by atoms with Gasteiger partial charge in [-0.05, 0) is 42.1 Å². The molecule has 2 amide bonds. The molecule has 1 N–H and O–H groups in total. The average molecular weight is 441 g/mol. The zero-order valence-corrected chi connectivity index (χ0v) is 17.1. The summed E-state index contributed by atoms with van der Waals surface area (Å²) in [6.07, 6.45) is 3.27. The highest BCUT2D eigenvalue weighted by atomic mass is 32.2. The van der Waals surface area contributed by atoms with E-state index in [0.717, 1.165) is 22.3 Å². The van der Waals surface area contributed by atoms with Crippen LogP contribution in [0.15, 0.2) is 66.1 Å². The summed E-state index contributed by atoms with van der Waals surface area (Å²) in [4.78, 5) is 35.9. The number of hydrogen-bond donors (Lipinski definition) is 1. The van der Waals surface area contributed by atoms with Crippen molar-refractivity contribution in [1.82, 2.24) is 10.4 Å². The monoisotopic (exact) mass is 441 g/mol. The Morgan fingerprint density at radius 2 is 1.97 bits per heavy atom. The first-order chi connectivity index (χ1) is 14.4. The highest BCUT2D eigenvalue weighted by molar-refractivity contribution is 8.26. The third kappa shape index (κ3) is 4.73. The van der Waals surface area contributed by atoms with Crippen molar-refractivity contribution in [3.05, 3.63) is 87.3 Å². The number of amides is 2. The Hall–Kier alpha value is -3.50. The fourth-order valence-electron chi connectivity index (χ4n) is 2.52. The maximum Gasteiger partial charge on any atom is 0.285 e. The molecule has 1 aliphatic rings. The number of nitro benzene ring substituents is 1. The summed E-state index contributed by atoms with van der Waals surface area (Å²) in [6, 6.07) is 12.5. The minimum absolute atomic E-state index is 0.115. The molecule has 0 unspecified atom stereocenters. The normalized spacial score (nSPS) is 14.7. The van der Waals surface area contributed by atoms with Crippen LogP contribution in [-0.2, 0) is 4.79 Å². The van der Waals surface area contributed by atoms with Crippen molar-refractivity contribution in [2.75, 3.05) is 6.61 Å². The molecule has 10 heteroatoms. The molecule has 0 bridgehead atoms. The first kappa shape index (κ1) is 21.2. The van der Waals surface area contributed by atoms with Crippen molar-refractivity contribution >= 4 is 51.9 Å². The lowest BCUT2D eigenvalue weighted by molar-refractivity contribution is -0.385. The molecular formula is C20H15N3O5S2. The molecule has 1 fully saturated rings. The Bertz CT molecular complexity index is 1070. The number of nitro groups is 1. The van der Waals surface area contributed by atoms with E-state index in [1.165, 1.54) is 24.3 Å². The summed E-state index contributed by atoms with van der Waals surface area (Å²) in [5, 5.41) is 12.0. The van der Waals surface area contributed by atoms with Gasteiger partial charge in [0.15, 0.2) is 4.32 Å². The van der Waals surface area contributed by atoms with E-state index in [-0.39, 0.29) is 15.6 Å². The summed E-state index contributed by atoms with van der Waals surface area (Å²) in [5.74, 6) is -0.663. The van der Waals surface area contributed by atoms with Crippen LogP contribution in [0.25, 0.3) is 6.08 Å². The molecule has 0 aliphatic carbocycles. The number of carbonyl (C=O) groups excluding carboxylic acids is 2. The minimum Gasteiger partial charge on any atom is -0.490 e. The van der Waals surface area contributed by atoms with Gasteiger partial charge in [-0.3, -0.25) is 25.1 Å². The number of rotatable bonds is 7. The minimum atomic E-state index is -0.802. The van der Waals surface area contributed by atoms with E-state index in [1.807, 2.05) is 0 Å². The molecular weight excluding hydrogens is 426 g/mol. The molecule has 0 spiro atoms. The van der Waals surface area contributed by atoms with Gasteiger partial charge in [0.2, 0.25) is 0 Å². The van der Waals surface area contributed by atoms with Gasteiger partial charge >= 0.3 is 0 Å². The number of ether oxygens (including phenoxy) is 1. The molecule has 0 atom stereocenters. The van der Waals surface area contributed by atoms with Crippen LogP contribution in [-0.4, -0.2) is 32.7 Å². The van der Waals surface area contributed by atoms with Crippen LogP contribution < -0.4 is 10.2 Å². The van der Waals surface area contributed by atoms with Gasteiger partial charge in [0.1, 0.15) is 17.9 Å². The summed E-state index contributed by atoms with van der Waals surface area (Å²) in [5.41, 5.74) is 2.55. The lowest BCUT2D eigenvalue weighted by Gasteiger charge is -2.15. The van der Waals surface area contributed by atoms with Crippen LogP contribution in [0.3, 0.4) is 0 Å². The highest BCUT2D eigenvalue weighted by Gasteiger charge is 2.34. The predicted octanol–water partition coefficient (Wildman–Crippen LogP) is 3.71. The number of nitrogens with zero attached hydrogens (tertiary/aromatic N) is 2. The molecule has 30 heavy (non-hydrogen) atoms. The quantitative estimate of drug-likeness (QED) is 0.230. The topological polar surface area (TPSA) is 102 Å². The smallest absolute Gasteiger partial charge is 0.285 e. The van der Waals surface area contributed by atoms with Crippen molar-refractivity contribution < 1.29 is 19.2 Å². The fourth-order valence-corrected chi connectivity index (χ4v) is 3.70. The van der Waals surface area contributed by atoms with Gasteiger partial charge in [-0.2, -0.15) is 5.01 Å². The first-order valence-electron chi connectivity index (χ1n) is 8.57. The van der Waals surface area contributed by atoms with Gasteiger partial charge < -0.3 is 4.74 Å². The van der Waals surface area contributed by atoms with Crippen molar-refractivity contribution in [2.24, 2.45) is 0 Å². The molecule has 0 saturated carbocycles. The van der Waals surface area contributed by atoms with Crippen molar-refractivity contribution in [3.8, 4) is 5.75 Å². The third-order valence-electron chi connectivity index (χ3n) is 3.90. The van der Waals surface area contributed by atoms with Crippen LogP contribution >= 0.6 is 24.0 Å². The summed E-state index contributed by atoms with van der Waals surface area (Å²) < 4.78 is 5.53. The number of thiocarbonyl (C=S) groups is 1. The van der Waals surface area contributed by atoms with E-state index in [2.05, 4.69) is 12.0 Å². The van der Waals surface area contributed by atoms with Crippen LogP contribution in [0.2, 0.25) is 0 Å². The van der Waals surface area contributed by atoms with Crippen LogP contribution in [0.5, 0.6) is 5.75 Å². The van der Waals surface area contributed by atoms with Gasteiger partial charge in [-0.15, -0.1) is 0 Å². The Labute approximate surface area is 181 Å². The largest absolute Gasteiger partial charge is 0.490 e. The number of thioether (sulfide) groups is 1. The molecule has 3 rings (SSSR count). The number of benzene rings is 2. The number of para-hydroxylation sites is 1. The molecule has 0 aromatic heterocycles. The molecule has 1 saturated heterocycles. The van der Waals surface area contributed by atoms with Crippen molar-refractivity contribution in [2.45, 2.75) is 0 Å². The lowest BCUT2D eigenvalue weighted by atomic mass is 10.2. The lowest BCUT2D eigenvalue weighted by Crippen LogP contribution is -2.45. The number of hydrogen-bond acceptors (Lipinski definition) is 7. The van der Waals surface area contributed by atoms with Gasteiger partial charge in [0.25, 0.3) is 17.5 Å². The Morgan fingerprint density at radius 1 is 1.27 bits per heavy atom. The van der Waals surface area contributed by atoms with E-state index in [1.54, 1.807) is 36.4 Å². The number of hydrazine groups is 1. The van der Waals surface area contributed by atoms with Gasteiger partial charge in [0.05, 0.1) is 9.83 Å². The summed E-state index contributed by atoms with van der Waals surface area (Å²) >= 11 is 6.20. The van der Waals surface area contributed by atoms with E-state index < -0.39 is 16.7 Å². The Morgan fingerprint density at radius 3 is 2.63 bits per heavy atom.